The summed E-state index contributed by atoms with van der Waals surface area (Å²) in [5.74, 6) is -1.26. The summed E-state index contributed by atoms with van der Waals surface area (Å²) in [4.78, 5) is 12.1. The van der Waals surface area contributed by atoms with Crippen LogP contribution in [0.3, 0.4) is 0 Å². The van der Waals surface area contributed by atoms with Gasteiger partial charge in [-0.1, -0.05) is 38.9 Å². The van der Waals surface area contributed by atoms with E-state index in [1.165, 1.54) is 24.3 Å². The van der Waals surface area contributed by atoms with Crippen molar-refractivity contribution in [1.29, 1.82) is 0 Å². The number of aromatic nitrogens is 2. The van der Waals surface area contributed by atoms with Crippen LogP contribution in [0.25, 0.3) is 0 Å². The summed E-state index contributed by atoms with van der Waals surface area (Å²) in [5.41, 5.74) is 0.0780. The zero-order valence-electron chi connectivity index (χ0n) is 13.1. The largest absolute Gasteiger partial charge is 0.296 e. The third-order valence-corrected chi connectivity index (χ3v) is 6.46. The number of hydrogen-bond acceptors (Lipinski definition) is 6. The summed E-state index contributed by atoms with van der Waals surface area (Å²) in [6.07, 6.45) is 0. The van der Waals surface area contributed by atoms with Crippen LogP contribution >= 0.6 is 38.9 Å². The van der Waals surface area contributed by atoms with Crippen molar-refractivity contribution in [3.63, 3.8) is 0 Å². The highest BCUT2D eigenvalue weighted by atomic mass is 79.9. The summed E-state index contributed by atoms with van der Waals surface area (Å²) in [6.45, 7) is 0. The Morgan fingerprint density at radius 2 is 1.85 bits per heavy atom. The summed E-state index contributed by atoms with van der Waals surface area (Å²) >= 11 is 9.48. The highest BCUT2D eigenvalue weighted by Gasteiger charge is 2.22. The summed E-state index contributed by atoms with van der Waals surface area (Å²) in [7, 11) is -4.16. The lowest BCUT2D eigenvalue weighted by Gasteiger charge is -2.06. The monoisotopic (exact) mass is 490 g/mol. The Labute approximate surface area is 170 Å². The van der Waals surface area contributed by atoms with E-state index in [0.717, 1.165) is 6.07 Å². The van der Waals surface area contributed by atoms with Crippen LogP contribution in [-0.4, -0.2) is 24.5 Å². The van der Waals surface area contributed by atoms with E-state index >= 15 is 0 Å². The Morgan fingerprint density at radius 1 is 1.15 bits per heavy atom. The van der Waals surface area contributed by atoms with Gasteiger partial charge in [0.05, 0.1) is 5.69 Å². The standard InChI is InChI=1S/C15H9BrClFN4O3S2/c16-9-3-6-12(11(18)7-9)22-27(24,25)15-21-20-14(26-15)19-13(23)8-1-4-10(17)5-2-8/h1-7,22H,(H,19,20,23). The molecule has 12 heteroatoms. The van der Waals surface area contributed by atoms with Crippen LogP contribution in [0.15, 0.2) is 51.3 Å². The molecule has 0 atom stereocenters. The number of halogens is 3. The molecule has 0 aliphatic carbocycles. The summed E-state index contributed by atoms with van der Waals surface area (Å²) in [6, 6.07) is 9.98. The van der Waals surface area contributed by atoms with Gasteiger partial charge in [0.15, 0.2) is 0 Å². The molecule has 0 saturated carbocycles. The van der Waals surface area contributed by atoms with E-state index in [2.05, 4.69) is 36.2 Å². The van der Waals surface area contributed by atoms with E-state index < -0.39 is 26.1 Å². The lowest BCUT2D eigenvalue weighted by Crippen LogP contribution is -2.13. The lowest BCUT2D eigenvalue weighted by molar-refractivity contribution is 0.102. The fourth-order valence-electron chi connectivity index (χ4n) is 1.90. The average molecular weight is 492 g/mol. The molecule has 0 saturated heterocycles. The van der Waals surface area contributed by atoms with Crippen LogP contribution < -0.4 is 10.0 Å². The molecule has 27 heavy (non-hydrogen) atoms. The number of rotatable bonds is 5. The van der Waals surface area contributed by atoms with Crippen molar-refractivity contribution in [2.24, 2.45) is 0 Å². The van der Waals surface area contributed by atoms with Gasteiger partial charge in [0, 0.05) is 15.1 Å². The molecule has 2 aromatic carbocycles. The second-order valence-electron chi connectivity index (χ2n) is 5.06. The van der Waals surface area contributed by atoms with Gasteiger partial charge >= 0.3 is 0 Å². The average Bonchev–Trinajstić information content (AvgIpc) is 3.07. The molecule has 7 nitrogen and oxygen atoms in total. The first-order valence-electron chi connectivity index (χ1n) is 7.13. The Balaban J connectivity index is 1.75. The first-order valence-corrected chi connectivity index (χ1v) is 10.6. The minimum Gasteiger partial charge on any atom is -0.296 e. The van der Waals surface area contributed by atoms with Gasteiger partial charge in [-0.05, 0) is 42.5 Å². The molecule has 3 rings (SSSR count). The summed E-state index contributed by atoms with van der Waals surface area (Å²) in [5, 5.41) is 10.1. The first kappa shape index (κ1) is 19.7. The molecule has 140 valence electrons. The van der Waals surface area contributed by atoms with Gasteiger partial charge in [-0.2, -0.15) is 8.42 Å². The van der Waals surface area contributed by atoms with Gasteiger partial charge in [-0.15, -0.1) is 10.2 Å². The van der Waals surface area contributed by atoms with E-state index in [1.807, 2.05) is 0 Å². The van der Waals surface area contributed by atoms with Gasteiger partial charge in [0.2, 0.25) is 5.13 Å². The van der Waals surface area contributed by atoms with E-state index in [4.69, 9.17) is 11.6 Å². The molecule has 0 aliphatic rings. The summed E-state index contributed by atoms with van der Waals surface area (Å²) < 4.78 is 40.6. The predicted octanol–water partition coefficient (Wildman–Crippen LogP) is 4.15. The molecule has 0 bridgehead atoms. The molecule has 0 unspecified atom stereocenters. The van der Waals surface area contributed by atoms with Gasteiger partial charge in [-0.25, -0.2) is 4.39 Å². The maximum absolute atomic E-state index is 13.8. The van der Waals surface area contributed by atoms with E-state index in [-0.39, 0.29) is 10.8 Å². The fourth-order valence-corrected chi connectivity index (χ4v) is 4.32. The number of carbonyl (C=O) groups is 1. The maximum Gasteiger partial charge on any atom is 0.291 e. The maximum atomic E-state index is 13.8. The number of nitrogens with zero attached hydrogens (tertiary/aromatic N) is 2. The highest BCUT2D eigenvalue weighted by Crippen LogP contribution is 2.25. The molecule has 3 aromatic rings. The second kappa shape index (κ2) is 7.89. The van der Waals surface area contributed by atoms with Gasteiger partial charge in [0.1, 0.15) is 5.82 Å². The Kier molecular flexibility index (Phi) is 5.75. The number of benzene rings is 2. The van der Waals surface area contributed by atoms with Crippen molar-refractivity contribution in [3.05, 3.63) is 63.3 Å². The zero-order chi connectivity index (χ0) is 19.6. The molecule has 2 N–H and O–H groups in total. The SMILES string of the molecule is O=C(Nc1nnc(S(=O)(=O)Nc2ccc(Br)cc2F)s1)c1ccc(Cl)cc1. The number of sulfonamides is 1. The molecule has 1 heterocycles. The van der Waals surface area contributed by atoms with Crippen molar-refractivity contribution in [3.8, 4) is 0 Å². The molecule has 0 fully saturated rings. The fraction of sp³-hybridized carbons (Fsp3) is 0. The minimum absolute atomic E-state index is 0.0217. The van der Waals surface area contributed by atoms with E-state index in [9.17, 15) is 17.6 Å². The number of anilines is 2. The van der Waals surface area contributed by atoms with Crippen LogP contribution in [0.1, 0.15) is 10.4 Å². The third-order valence-electron chi connectivity index (χ3n) is 3.14. The highest BCUT2D eigenvalue weighted by molar-refractivity contribution is 9.10. The normalized spacial score (nSPS) is 11.2. The Hall–Kier alpha value is -2.08. The smallest absolute Gasteiger partial charge is 0.291 e. The van der Waals surface area contributed by atoms with Crippen LogP contribution in [0, 0.1) is 5.82 Å². The Bertz CT molecular complexity index is 1110. The van der Waals surface area contributed by atoms with Crippen molar-refractivity contribution < 1.29 is 17.6 Å². The third kappa shape index (κ3) is 4.80. The van der Waals surface area contributed by atoms with E-state index in [0.29, 0.717) is 26.4 Å². The molecule has 0 spiro atoms. The Morgan fingerprint density at radius 3 is 2.52 bits per heavy atom. The van der Waals surface area contributed by atoms with Gasteiger partial charge in [-0.3, -0.25) is 14.8 Å². The molecular formula is C15H9BrClFN4O3S2. The minimum atomic E-state index is -4.16. The quantitative estimate of drug-likeness (QED) is 0.522. The number of amides is 1. The van der Waals surface area contributed by atoms with Crippen LogP contribution in [0.4, 0.5) is 15.2 Å². The molecule has 0 radical (unpaired) electrons. The number of nitrogens with one attached hydrogen (secondary N) is 2. The molecular weight excluding hydrogens is 483 g/mol. The second-order valence-corrected chi connectivity index (χ2v) is 9.25. The van der Waals surface area contributed by atoms with Gasteiger partial charge in [0.25, 0.3) is 20.3 Å². The van der Waals surface area contributed by atoms with E-state index in [1.54, 1.807) is 12.1 Å². The first-order chi connectivity index (χ1) is 12.7. The molecule has 1 aromatic heterocycles. The van der Waals surface area contributed by atoms with Crippen LogP contribution in [0.5, 0.6) is 0 Å². The van der Waals surface area contributed by atoms with Crippen molar-refractivity contribution in [1.82, 2.24) is 10.2 Å². The number of hydrogen-bond donors (Lipinski definition) is 2. The topological polar surface area (TPSA) is 101 Å². The molecule has 1 amide bonds. The molecule has 0 aliphatic heterocycles. The van der Waals surface area contributed by atoms with Crippen LogP contribution in [-0.2, 0) is 10.0 Å². The number of carbonyl (C=O) groups excluding carboxylic acids is 1. The van der Waals surface area contributed by atoms with Crippen molar-refractivity contribution in [2.45, 2.75) is 4.34 Å². The van der Waals surface area contributed by atoms with Gasteiger partial charge < -0.3 is 0 Å². The predicted molar refractivity (Wildman–Crippen MR) is 104 cm³/mol. The lowest BCUT2D eigenvalue weighted by atomic mass is 10.2. The van der Waals surface area contributed by atoms with Crippen molar-refractivity contribution in [2.75, 3.05) is 10.0 Å². The van der Waals surface area contributed by atoms with Crippen LogP contribution in [0.2, 0.25) is 5.02 Å². The van der Waals surface area contributed by atoms with Crippen molar-refractivity contribution >= 4 is 65.6 Å². The zero-order valence-corrected chi connectivity index (χ0v) is 17.1.